The average molecular weight is 730 g/mol. The summed E-state index contributed by atoms with van der Waals surface area (Å²) in [5.41, 5.74) is 0. The van der Waals surface area contributed by atoms with Crippen LogP contribution in [0.4, 0.5) is 0 Å². The number of unbranched alkanes of at least 4 members (excludes halogenated alkanes) is 42. The van der Waals surface area contributed by atoms with Gasteiger partial charge in [0.1, 0.15) is 0 Å². The third-order valence-corrected chi connectivity index (χ3v) is 12.1. The molecule has 0 aliphatic heterocycles. The molecule has 0 atom stereocenters. The van der Waals surface area contributed by atoms with Gasteiger partial charge in [0.25, 0.3) is 0 Å². The topological polar surface area (TPSA) is 0 Å². The van der Waals surface area contributed by atoms with Gasteiger partial charge in [-0.05, 0) is 34.3 Å². The van der Waals surface area contributed by atoms with Crippen LogP contribution in [0.15, 0.2) is 23.8 Å². The van der Waals surface area contributed by atoms with Crippen molar-refractivity contribution in [2.45, 2.75) is 296 Å². The normalized spacial score (nSPS) is 12.0. The molecule has 0 rings (SSSR count). The molecule has 0 saturated carbocycles. The quantitative estimate of drug-likeness (QED) is 0.0432. The smallest absolute Gasteiger partial charge is 0.0267 e. The van der Waals surface area contributed by atoms with Gasteiger partial charge in [-0.2, -0.15) is 0 Å². The molecule has 0 heterocycles. The Kier molecular flexibility index (Phi) is 49.8. The van der Waals surface area contributed by atoms with Gasteiger partial charge in [0, 0.05) is 0 Å². The molecule has 0 aliphatic rings. The van der Waals surface area contributed by atoms with Gasteiger partial charge in [-0.25, -0.2) is 0 Å². The number of hydrogen-bond acceptors (Lipinski definition) is 0. The molecule has 51 heavy (non-hydrogen) atoms. The van der Waals surface area contributed by atoms with Crippen molar-refractivity contribution < 1.29 is 0 Å². The van der Waals surface area contributed by atoms with E-state index in [-0.39, 0.29) is 0 Å². The van der Waals surface area contributed by atoms with E-state index in [2.05, 4.69) is 37.6 Å². The van der Waals surface area contributed by atoms with E-state index in [1.807, 2.05) is 0 Å². The largest absolute Gasteiger partial charge is 0.0834 e. The summed E-state index contributed by atoms with van der Waals surface area (Å²) in [5, 5.41) is 0. The molecule has 0 spiro atoms. The van der Waals surface area contributed by atoms with Gasteiger partial charge < -0.3 is 0 Å². The lowest BCUT2D eigenvalue weighted by atomic mass is 10.0. The summed E-state index contributed by atoms with van der Waals surface area (Å²) >= 11 is 0. The summed E-state index contributed by atoms with van der Waals surface area (Å²) in [7, 11) is 1.38. The summed E-state index contributed by atoms with van der Waals surface area (Å²) in [6.45, 7) is 4.62. The molecular weight excluding hydrogens is 632 g/mol. The van der Waals surface area contributed by atoms with E-state index in [1.54, 1.807) is 0 Å². The van der Waals surface area contributed by atoms with Crippen LogP contribution in [0.1, 0.15) is 296 Å². The van der Waals surface area contributed by atoms with Gasteiger partial charge >= 0.3 is 0 Å². The van der Waals surface area contributed by atoms with Crippen LogP contribution >= 0.6 is 8.58 Å². The van der Waals surface area contributed by atoms with Crippen molar-refractivity contribution in [3.8, 4) is 0 Å². The van der Waals surface area contributed by atoms with Gasteiger partial charge in [0.15, 0.2) is 0 Å². The molecule has 0 fully saturated rings. The fraction of sp³-hybridized carbons (Fsp3) is 0.920. The molecule has 1 heteroatoms. The molecular formula is C50H98P. The standard InChI is InChI=1S/C50H98P/c1-3-5-7-9-11-13-15-17-19-21-23-25-27-29-31-33-35-37-39-41-43-45-47-49-51-50-48-46-44-42-40-38-36-34-32-30-28-26-24-22-20-18-16-14-12-10-8-6-4-2/h47-50H,3-46H2,1-2H3/b49-47+,50-48+. The highest BCUT2D eigenvalue weighted by Gasteiger charge is 1.97. The summed E-state index contributed by atoms with van der Waals surface area (Å²) in [5.74, 6) is 4.73. The van der Waals surface area contributed by atoms with Gasteiger partial charge in [0.05, 0.1) is 0 Å². The second-order valence-corrected chi connectivity index (χ2v) is 17.5. The lowest BCUT2D eigenvalue weighted by molar-refractivity contribution is 0.520. The van der Waals surface area contributed by atoms with Crippen LogP contribution in [-0.2, 0) is 0 Å². The molecule has 0 aliphatic carbocycles. The molecule has 0 amide bonds. The van der Waals surface area contributed by atoms with Crippen LogP contribution in [0.2, 0.25) is 0 Å². The first-order valence-electron chi connectivity index (χ1n) is 24.4. The molecule has 1 radical (unpaired) electrons. The van der Waals surface area contributed by atoms with Crippen molar-refractivity contribution in [3.63, 3.8) is 0 Å². The van der Waals surface area contributed by atoms with Crippen molar-refractivity contribution in [3.05, 3.63) is 23.8 Å². The van der Waals surface area contributed by atoms with E-state index in [0.29, 0.717) is 0 Å². The highest BCUT2D eigenvalue weighted by atomic mass is 31.1. The summed E-state index contributed by atoms with van der Waals surface area (Å²) < 4.78 is 0. The van der Waals surface area contributed by atoms with Crippen LogP contribution in [0, 0.1) is 0 Å². The maximum absolute atomic E-state index is 2.42. The van der Waals surface area contributed by atoms with E-state index >= 15 is 0 Å². The Morgan fingerprint density at radius 3 is 0.549 bits per heavy atom. The number of rotatable bonds is 46. The highest BCUT2D eigenvalue weighted by molar-refractivity contribution is 7.45. The molecule has 0 aromatic rings. The molecule has 0 aromatic carbocycles. The van der Waals surface area contributed by atoms with Crippen molar-refractivity contribution >= 4 is 8.58 Å². The van der Waals surface area contributed by atoms with Crippen molar-refractivity contribution in [2.24, 2.45) is 0 Å². The summed E-state index contributed by atoms with van der Waals surface area (Å²) in [6, 6.07) is 0. The van der Waals surface area contributed by atoms with Gasteiger partial charge in [-0.1, -0.05) is 294 Å². The minimum Gasteiger partial charge on any atom is -0.0834 e. The van der Waals surface area contributed by atoms with Crippen LogP contribution in [0.25, 0.3) is 0 Å². The first kappa shape index (κ1) is 50.9. The Balaban J connectivity index is 3.14. The molecule has 0 N–H and O–H groups in total. The minimum absolute atomic E-state index is 1.28. The third kappa shape index (κ3) is 49.9. The lowest BCUT2D eigenvalue weighted by Gasteiger charge is -2.04. The third-order valence-electron chi connectivity index (χ3n) is 11.3. The first-order chi connectivity index (χ1) is 25.4. The van der Waals surface area contributed by atoms with Gasteiger partial charge in [-0.3, -0.25) is 0 Å². The Labute approximate surface area is 327 Å². The zero-order valence-corrected chi connectivity index (χ0v) is 36.8. The summed E-state index contributed by atoms with van der Waals surface area (Å²) in [4.78, 5) is 0. The van der Waals surface area contributed by atoms with E-state index in [1.165, 1.54) is 291 Å². The lowest BCUT2D eigenvalue weighted by Crippen LogP contribution is -1.84. The van der Waals surface area contributed by atoms with Gasteiger partial charge in [-0.15, -0.1) is 0 Å². The van der Waals surface area contributed by atoms with Crippen molar-refractivity contribution in [1.82, 2.24) is 0 Å². The molecule has 303 valence electrons. The molecule has 0 aromatic heterocycles. The SMILES string of the molecule is CCCCCCCCCCCCCCCCCCCCCCC/C=C/[P]/C=C/CCCCCCCCCCCCCCCCCCCCCCC. The Bertz CT molecular complexity index is 581. The van der Waals surface area contributed by atoms with Crippen LogP contribution in [-0.4, -0.2) is 0 Å². The second-order valence-electron chi connectivity index (χ2n) is 16.6. The van der Waals surface area contributed by atoms with E-state index in [4.69, 9.17) is 0 Å². The predicted octanol–water partition coefficient (Wildman–Crippen LogP) is 20.2. The Hall–Kier alpha value is -0.0900. The monoisotopic (exact) mass is 730 g/mol. The average Bonchev–Trinajstić information content (AvgIpc) is 3.14. The fourth-order valence-corrected chi connectivity index (χ4v) is 8.35. The van der Waals surface area contributed by atoms with E-state index < -0.39 is 0 Å². The fourth-order valence-electron chi connectivity index (χ4n) is 7.71. The van der Waals surface area contributed by atoms with Crippen LogP contribution in [0.5, 0.6) is 0 Å². The van der Waals surface area contributed by atoms with Crippen LogP contribution < -0.4 is 0 Å². The first-order valence-corrected chi connectivity index (χ1v) is 25.4. The number of hydrogen-bond donors (Lipinski definition) is 0. The maximum atomic E-state index is 2.42. The highest BCUT2D eigenvalue weighted by Crippen LogP contribution is 2.19. The van der Waals surface area contributed by atoms with Gasteiger partial charge in [0.2, 0.25) is 0 Å². The summed E-state index contributed by atoms with van der Waals surface area (Å²) in [6.07, 6.45) is 68.9. The Morgan fingerprint density at radius 2 is 0.373 bits per heavy atom. The maximum Gasteiger partial charge on any atom is -0.0267 e. The molecule has 0 unspecified atom stereocenters. The minimum atomic E-state index is 1.28. The van der Waals surface area contributed by atoms with E-state index in [0.717, 1.165) is 0 Å². The predicted molar refractivity (Wildman–Crippen MR) is 240 cm³/mol. The molecule has 0 bridgehead atoms. The molecule has 0 saturated heterocycles. The zero-order valence-electron chi connectivity index (χ0n) is 35.9. The second kappa shape index (κ2) is 49.9. The molecule has 0 nitrogen and oxygen atoms in total. The zero-order chi connectivity index (χ0) is 36.6. The van der Waals surface area contributed by atoms with E-state index in [9.17, 15) is 0 Å². The Morgan fingerprint density at radius 1 is 0.216 bits per heavy atom. The van der Waals surface area contributed by atoms with Crippen LogP contribution in [0.3, 0.4) is 0 Å². The number of allylic oxidation sites excluding steroid dienone is 2. The van der Waals surface area contributed by atoms with Crippen molar-refractivity contribution in [2.75, 3.05) is 0 Å². The van der Waals surface area contributed by atoms with Crippen molar-refractivity contribution in [1.29, 1.82) is 0 Å².